The number of methoxy groups -OCH3 is 1. The standard InChI is InChI=1S/C45H76O37/c1-67-38-27(59)19(51)14(6-68-38)77-43-32(64)24(56)35(11(3-47)73-43)81-40-29(61)21(53)16(8-70-40)79-45-34(66)26(58)37(13(5-49)75-45)82-41-30(62)22(54)17(9-71-41)78-44-33(65)25(57)36(12(4-48)74-44)80-39-28(60)20(52)15(7-69-39)76-42-31(63)23(55)18(50)10(2-46)72-42/h10-66H,2-9H2,1H3/t10-,11-,12-,13-,14-,15-,16-,17-,18-,19+,20+,21+,22+,23+,24-,25-,26-,27-,28-,29-,30-,31+,32+,33+,34+,35-,36-,37-,38-,39+,40+,41+,42+,43+,44+,45+/m1/s1. The largest absolute Gasteiger partial charge is 0.394 e. The molecule has 8 aliphatic heterocycles. The lowest BCUT2D eigenvalue weighted by molar-refractivity contribution is -0.385. The summed E-state index contributed by atoms with van der Waals surface area (Å²) in [6.07, 6.45) is -63.4. The summed E-state index contributed by atoms with van der Waals surface area (Å²) in [4.78, 5) is 0. The molecule has 8 saturated heterocycles. The van der Waals surface area contributed by atoms with Crippen molar-refractivity contribution < 1.29 is 183 Å². The highest BCUT2D eigenvalue weighted by atomic mass is 16.8. The molecule has 0 aliphatic carbocycles. The summed E-state index contributed by atoms with van der Waals surface area (Å²) >= 11 is 0. The van der Waals surface area contributed by atoms with Gasteiger partial charge in [-0.25, -0.2) is 0 Å². The van der Waals surface area contributed by atoms with Crippen LogP contribution in [-0.2, 0) is 75.8 Å². The summed E-state index contributed by atoms with van der Waals surface area (Å²) in [5, 5.41) is 224. The Morgan fingerprint density at radius 2 is 0.488 bits per heavy atom. The van der Waals surface area contributed by atoms with Crippen molar-refractivity contribution in [2.75, 3.05) is 60.0 Å². The van der Waals surface area contributed by atoms with Gasteiger partial charge in [-0.2, -0.15) is 0 Å². The summed E-state index contributed by atoms with van der Waals surface area (Å²) in [7, 11) is 1.23. The quantitative estimate of drug-likeness (QED) is 0.0571. The van der Waals surface area contributed by atoms with Crippen LogP contribution in [0.3, 0.4) is 0 Å². The van der Waals surface area contributed by atoms with Crippen molar-refractivity contribution in [3.8, 4) is 0 Å². The van der Waals surface area contributed by atoms with Gasteiger partial charge < -0.3 is 183 Å². The number of hydrogen-bond acceptors (Lipinski definition) is 37. The molecule has 0 unspecified atom stereocenters. The van der Waals surface area contributed by atoms with E-state index in [9.17, 15) is 107 Å². The molecular formula is C45H76O37. The molecule has 8 aliphatic rings. The Labute approximate surface area is 463 Å². The van der Waals surface area contributed by atoms with Gasteiger partial charge in [-0.1, -0.05) is 0 Å². The van der Waals surface area contributed by atoms with Crippen LogP contribution in [0.2, 0.25) is 0 Å². The third-order valence-corrected chi connectivity index (χ3v) is 15.4. The first-order valence-electron chi connectivity index (χ1n) is 26.2. The lowest BCUT2D eigenvalue weighted by atomic mass is 9.97. The van der Waals surface area contributed by atoms with Gasteiger partial charge in [-0.3, -0.25) is 0 Å². The van der Waals surface area contributed by atoms with E-state index in [1.807, 2.05) is 0 Å². The van der Waals surface area contributed by atoms with Gasteiger partial charge in [0.15, 0.2) is 50.3 Å². The zero-order chi connectivity index (χ0) is 59.8. The average molecular weight is 1210 g/mol. The zero-order valence-corrected chi connectivity index (χ0v) is 43.4. The maximum atomic E-state index is 11.2. The Morgan fingerprint density at radius 3 is 0.756 bits per heavy atom. The van der Waals surface area contributed by atoms with E-state index in [0.717, 1.165) is 0 Å². The Kier molecular flexibility index (Phi) is 23.3. The van der Waals surface area contributed by atoms with Gasteiger partial charge in [-0.05, 0) is 0 Å². The number of ether oxygens (including phenoxy) is 16. The Balaban J connectivity index is 0.793. The maximum Gasteiger partial charge on any atom is 0.187 e. The molecule has 478 valence electrons. The topological polar surface area (TPSA) is 573 Å². The highest BCUT2D eigenvalue weighted by molar-refractivity contribution is 4.99. The van der Waals surface area contributed by atoms with Crippen molar-refractivity contribution in [2.45, 2.75) is 221 Å². The van der Waals surface area contributed by atoms with E-state index in [0.29, 0.717) is 0 Å². The first-order chi connectivity index (χ1) is 39.0. The molecule has 0 aromatic rings. The fourth-order valence-electron chi connectivity index (χ4n) is 10.4. The van der Waals surface area contributed by atoms with Crippen molar-refractivity contribution in [3.63, 3.8) is 0 Å². The molecule has 82 heavy (non-hydrogen) atoms. The molecule has 0 aromatic carbocycles. The molecule has 0 amide bonds. The number of aliphatic hydroxyl groups excluding tert-OH is 21. The molecular weight excluding hydrogens is 1130 g/mol. The molecule has 0 aromatic heterocycles. The lowest BCUT2D eigenvalue weighted by Crippen LogP contribution is -2.66. The van der Waals surface area contributed by atoms with E-state index >= 15 is 0 Å². The van der Waals surface area contributed by atoms with Crippen LogP contribution in [0.1, 0.15) is 0 Å². The van der Waals surface area contributed by atoms with E-state index in [-0.39, 0.29) is 6.61 Å². The highest BCUT2D eigenvalue weighted by Gasteiger charge is 2.57. The van der Waals surface area contributed by atoms with Gasteiger partial charge in [0.2, 0.25) is 0 Å². The van der Waals surface area contributed by atoms with Crippen molar-refractivity contribution in [1.82, 2.24) is 0 Å². The molecule has 0 saturated carbocycles. The number of aliphatic hydroxyl groups is 21. The third-order valence-electron chi connectivity index (χ3n) is 15.4. The molecule has 37 heteroatoms. The molecule has 21 N–H and O–H groups in total. The van der Waals surface area contributed by atoms with E-state index in [1.54, 1.807) is 0 Å². The minimum atomic E-state index is -2.08. The Morgan fingerprint density at radius 1 is 0.256 bits per heavy atom. The first kappa shape index (κ1) is 66.5. The van der Waals surface area contributed by atoms with Crippen LogP contribution in [0.5, 0.6) is 0 Å². The van der Waals surface area contributed by atoms with Gasteiger partial charge in [0.1, 0.15) is 171 Å². The molecule has 8 fully saturated rings. The molecule has 37 nitrogen and oxygen atoms in total. The molecule has 0 spiro atoms. The van der Waals surface area contributed by atoms with E-state index < -0.39 is 267 Å². The fourth-order valence-corrected chi connectivity index (χ4v) is 10.4. The van der Waals surface area contributed by atoms with Crippen molar-refractivity contribution in [2.24, 2.45) is 0 Å². The van der Waals surface area contributed by atoms with Crippen molar-refractivity contribution >= 4 is 0 Å². The smallest absolute Gasteiger partial charge is 0.187 e. The Bertz CT molecular complexity index is 1930. The van der Waals surface area contributed by atoms with Gasteiger partial charge >= 0.3 is 0 Å². The normalized spacial score (nSPS) is 53.5. The number of hydrogen-bond donors (Lipinski definition) is 21. The van der Waals surface area contributed by atoms with Crippen molar-refractivity contribution in [3.05, 3.63) is 0 Å². The SMILES string of the molecule is CO[C@@H]1OC[C@@H](O[C@@H]2O[C@H](CO)[C@@H](O[C@@H]3OC[C@@H](O[C@@H]4O[C@H](CO)[C@@H](O[C@@H]5OC[C@@H](O[C@@H]6O[C@H](CO)[C@@H](O[C@@H]7OC[C@@H](O[C@@H]8O[C@H](CO)[C@@H](O)[C@H](O)[C@@H]8O)[C@H](O)[C@H]7O)[C@H](O)[C@@H]6O)[C@H](O)[C@H]5O)[C@H](O)[C@@H]4O)[C@H](O)[C@H]3O)[C@H](O)[C@@H]2O)[C@H](O)[C@H]1O. The number of rotatable bonds is 19. The van der Waals surface area contributed by atoms with Crippen LogP contribution in [0.15, 0.2) is 0 Å². The predicted molar refractivity (Wildman–Crippen MR) is 245 cm³/mol. The second-order valence-electron chi connectivity index (χ2n) is 20.8. The van der Waals surface area contributed by atoms with Crippen LogP contribution in [0.4, 0.5) is 0 Å². The minimum absolute atomic E-state index is 0.337. The molecule has 8 rings (SSSR count). The molecule has 8 heterocycles. The van der Waals surface area contributed by atoms with Crippen LogP contribution in [0, 0.1) is 0 Å². The lowest BCUT2D eigenvalue weighted by Gasteiger charge is -2.48. The monoisotopic (exact) mass is 1210 g/mol. The molecule has 0 bridgehead atoms. The molecule has 36 atom stereocenters. The summed E-state index contributed by atoms with van der Waals surface area (Å²) in [5.74, 6) is 0. The summed E-state index contributed by atoms with van der Waals surface area (Å²) in [6, 6.07) is 0. The second-order valence-corrected chi connectivity index (χ2v) is 20.8. The molecule has 0 radical (unpaired) electrons. The van der Waals surface area contributed by atoms with E-state index in [1.165, 1.54) is 7.11 Å². The summed E-state index contributed by atoms with van der Waals surface area (Å²) in [5.41, 5.74) is 0. The Hall–Kier alpha value is -1.48. The minimum Gasteiger partial charge on any atom is -0.394 e. The summed E-state index contributed by atoms with van der Waals surface area (Å²) in [6.45, 7) is -5.81. The average Bonchev–Trinajstić information content (AvgIpc) is 3.50. The van der Waals surface area contributed by atoms with Crippen LogP contribution >= 0.6 is 0 Å². The van der Waals surface area contributed by atoms with Crippen LogP contribution < -0.4 is 0 Å². The van der Waals surface area contributed by atoms with Crippen LogP contribution in [0.25, 0.3) is 0 Å². The highest BCUT2D eigenvalue weighted by Crippen LogP contribution is 2.36. The van der Waals surface area contributed by atoms with E-state index in [4.69, 9.17) is 75.8 Å². The van der Waals surface area contributed by atoms with E-state index in [2.05, 4.69) is 0 Å². The van der Waals surface area contributed by atoms with Gasteiger partial charge in [0, 0.05) is 7.11 Å². The third kappa shape index (κ3) is 13.9. The van der Waals surface area contributed by atoms with Gasteiger partial charge in [0.05, 0.1) is 52.9 Å². The predicted octanol–water partition coefficient (Wildman–Crippen LogP) is -15.2. The maximum absolute atomic E-state index is 11.2. The first-order valence-corrected chi connectivity index (χ1v) is 26.2. The van der Waals surface area contributed by atoms with Crippen molar-refractivity contribution in [1.29, 1.82) is 0 Å². The van der Waals surface area contributed by atoms with Gasteiger partial charge in [-0.15, -0.1) is 0 Å². The summed E-state index contributed by atoms with van der Waals surface area (Å²) < 4.78 is 88.3. The fraction of sp³-hybridized carbons (Fsp3) is 1.00. The van der Waals surface area contributed by atoms with Gasteiger partial charge in [0.25, 0.3) is 0 Å². The van der Waals surface area contributed by atoms with Crippen LogP contribution in [-0.4, -0.2) is 388 Å². The zero-order valence-electron chi connectivity index (χ0n) is 43.4. The second kappa shape index (κ2) is 28.8.